The monoisotopic (exact) mass is 270 g/mol. The van der Waals surface area contributed by atoms with E-state index in [0.29, 0.717) is 13.1 Å². The Bertz CT molecular complexity index is 518. The number of hydrogen-bond donors (Lipinski definition) is 1. The fourth-order valence-corrected chi connectivity index (χ4v) is 3.54. The van der Waals surface area contributed by atoms with Crippen molar-refractivity contribution in [3.8, 4) is 0 Å². The maximum Gasteiger partial charge on any atom is 0.246 e. The van der Waals surface area contributed by atoms with Crippen molar-refractivity contribution in [2.75, 3.05) is 39.0 Å². The maximum absolute atomic E-state index is 12.5. The molecule has 2 N–H and O–H groups in total. The van der Waals surface area contributed by atoms with E-state index in [2.05, 4.69) is 9.88 Å². The summed E-state index contributed by atoms with van der Waals surface area (Å²) in [6, 6.07) is 1.51. The number of aromatic nitrogens is 1. The van der Waals surface area contributed by atoms with Gasteiger partial charge < -0.3 is 10.6 Å². The highest BCUT2D eigenvalue weighted by molar-refractivity contribution is 7.89. The number of nitrogens with zero attached hydrogens (tertiary/aromatic N) is 3. The molecule has 0 saturated carbocycles. The zero-order valence-corrected chi connectivity index (χ0v) is 11.2. The topological polar surface area (TPSA) is 79.5 Å². The lowest BCUT2D eigenvalue weighted by Gasteiger charge is -2.20. The molecule has 0 atom stereocenters. The third-order valence-corrected chi connectivity index (χ3v) is 5.05. The van der Waals surface area contributed by atoms with E-state index >= 15 is 0 Å². The van der Waals surface area contributed by atoms with Crippen molar-refractivity contribution >= 4 is 15.7 Å². The second-order valence-corrected chi connectivity index (χ2v) is 6.38. The van der Waals surface area contributed by atoms with Gasteiger partial charge in [0.25, 0.3) is 0 Å². The SMILES string of the molecule is CN1CCCN(S(=O)(=O)c2cnccc2N)CC1. The predicted octanol–water partition coefficient (Wildman–Crippen LogP) is -0.0100. The molecule has 1 saturated heterocycles. The molecular weight excluding hydrogens is 252 g/mol. The van der Waals surface area contributed by atoms with Crippen LogP contribution in [0.25, 0.3) is 0 Å². The lowest BCUT2D eigenvalue weighted by atomic mass is 10.4. The predicted molar refractivity (Wildman–Crippen MR) is 69.5 cm³/mol. The van der Waals surface area contributed by atoms with Crippen molar-refractivity contribution in [2.24, 2.45) is 0 Å². The van der Waals surface area contributed by atoms with Gasteiger partial charge in [0, 0.05) is 32.0 Å². The number of nitrogens with two attached hydrogens (primary N) is 1. The van der Waals surface area contributed by atoms with Crippen LogP contribution in [0.1, 0.15) is 6.42 Å². The summed E-state index contributed by atoms with van der Waals surface area (Å²) in [5.41, 5.74) is 5.98. The molecule has 0 radical (unpaired) electrons. The van der Waals surface area contributed by atoms with E-state index in [9.17, 15) is 8.42 Å². The number of hydrogen-bond acceptors (Lipinski definition) is 5. The lowest BCUT2D eigenvalue weighted by Crippen LogP contribution is -2.34. The highest BCUT2D eigenvalue weighted by Crippen LogP contribution is 2.21. The van der Waals surface area contributed by atoms with Crippen LogP contribution in [0.4, 0.5) is 5.69 Å². The summed E-state index contributed by atoms with van der Waals surface area (Å²) in [5.74, 6) is 0. The number of pyridine rings is 1. The van der Waals surface area contributed by atoms with E-state index in [1.165, 1.54) is 22.8 Å². The summed E-state index contributed by atoms with van der Waals surface area (Å²) < 4.78 is 26.4. The van der Waals surface area contributed by atoms with Gasteiger partial charge >= 0.3 is 0 Å². The molecule has 1 aliphatic heterocycles. The van der Waals surface area contributed by atoms with Gasteiger partial charge in [-0.1, -0.05) is 0 Å². The fraction of sp³-hybridized carbons (Fsp3) is 0.545. The summed E-state index contributed by atoms with van der Waals surface area (Å²) in [4.78, 5) is 6.08. The fourth-order valence-electron chi connectivity index (χ4n) is 2.01. The van der Waals surface area contributed by atoms with Crippen LogP contribution in [0.5, 0.6) is 0 Å². The average Bonchev–Trinajstić information content (AvgIpc) is 2.54. The Hall–Kier alpha value is -1.18. The minimum Gasteiger partial charge on any atom is -0.398 e. The Morgan fingerprint density at radius 2 is 2.06 bits per heavy atom. The third kappa shape index (κ3) is 2.63. The summed E-state index contributed by atoms with van der Waals surface area (Å²) in [5, 5.41) is 0. The van der Waals surface area contributed by atoms with Crippen LogP contribution in [0.15, 0.2) is 23.4 Å². The largest absolute Gasteiger partial charge is 0.398 e. The number of likely N-dealkylation sites (N-methyl/N-ethyl adjacent to an activating group) is 1. The van der Waals surface area contributed by atoms with E-state index < -0.39 is 10.0 Å². The quantitative estimate of drug-likeness (QED) is 0.817. The molecule has 7 heteroatoms. The molecule has 1 aromatic heterocycles. The van der Waals surface area contributed by atoms with Gasteiger partial charge in [-0.25, -0.2) is 8.42 Å². The van der Waals surface area contributed by atoms with E-state index in [1.54, 1.807) is 0 Å². The average molecular weight is 270 g/mol. The molecule has 0 aliphatic carbocycles. The lowest BCUT2D eigenvalue weighted by molar-refractivity contribution is 0.347. The van der Waals surface area contributed by atoms with Crippen molar-refractivity contribution in [3.05, 3.63) is 18.5 Å². The maximum atomic E-state index is 12.5. The minimum atomic E-state index is -3.52. The molecule has 1 aromatic rings. The number of sulfonamides is 1. The Balaban J connectivity index is 2.28. The molecule has 0 unspecified atom stereocenters. The normalized spacial score (nSPS) is 19.6. The minimum absolute atomic E-state index is 0.106. The molecule has 18 heavy (non-hydrogen) atoms. The molecule has 0 spiro atoms. The summed E-state index contributed by atoms with van der Waals surface area (Å²) in [6.07, 6.45) is 3.64. The Kier molecular flexibility index (Phi) is 3.84. The van der Waals surface area contributed by atoms with E-state index in [0.717, 1.165) is 19.5 Å². The molecule has 0 amide bonds. The van der Waals surface area contributed by atoms with Crippen molar-refractivity contribution in [1.82, 2.24) is 14.2 Å². The first-order valence-corrected chi connectivity index (χ1v) is 7.34. The summed E-state index contributed by atoms with van der Waals surface area (Å²) >= 11 is 0. The molecule has 1 aliphatic rings. The Morgan fingerprint density at radius 3 is 2.78 bits per heavy atom. The molecule has 6 nitrogen and oxygen atoms in total. The smallest absolute Gasteiger partial charge is 0.246 e. The van der Waals surface area contributed by atoms with Crippen LogP contribution in [-0.2, 0) is 10.0 Å². The Morgan fingerprint density at radius 1 is 1.28 bits per heavy atom. The van der Waals surface area contributed by atoms with Gasteiger partial charge in [0.2, 0.25) is 10.0 Å². The van der Waals surface area contributed by atoms with Crippen molar-refractivity contribution < 1.29 is 8.42 Å². The molecular formula is C11H18N4O2S. The molecule has 1 fully saturated rings. The van der Waals surface area contributed by atoms with E-state index in [1.807, 2.05) is 7.05 Å². The second kappa shape index (κ2) is 5.21. The molecule has 0 aromatic carbocycles. The van der Waals surface area contributed by atoms with Crippen LogP contribution in [-0.4, -0.2) is 55.8 Å². The van der Waals surface area contributed by atoms with Crippen molar-refractivity contribution in [1.29, 1.82) is 0 Å². The van der Waals surface area contributed by atoms with Gasteiger partial charge in [-0.2, -0.15) is 4.31 Å². The van der Waals surface area contributed by atoms with Crippen LogP contribution >= 0.6 is 0 Å². The first-order chi connectivity index (χ1) is 8.51. The van der Waals surface area contributed by atoms with Crippen molar-refractivity contribution in [3.63, 3.8) is 0 Å². The zero-order chi connectivity index (χ0) is 13.2. The van der Waals surface area contributed by atoms with E-state index in [-0.39, 0.29) is 10.6 Å². The van der Waals surface area contributed by atoms with E-state index in [4.69, 9.17) is 5.73 Å². The van der Waals surface area contributed by atoms with Gasteiger partial charge in [-0.15, -0.1) is 0 Å². The van der Waals surface area contributed by atoms with Gasteiger partial charge in [-0.3, -0.25) is 4.98 Å². The highest BCUT2D eigenvalue weighted by atomic mass is 32.2. The second-order valence-electron chi connectivity index (χ2n) is 4.47. The van der Waals surface area contributed by atoms with Gasteiger partial charge in [0.05, 0.1) is 5.69 Å². The molecule has 2 heterocycles. The molecule has 2 rings (SSSR count). The van der Waals surface area contributed by atoms with Crippen molar-refractivity contribution in [2.45, 2.75) is 11.3 Å². The van der Waals surface area contributed by atoms with Crippen LogP contribution in [0.3, 0.4) is 0 Å². The molecule has 0 bridgehead atoms. The van der Waals surface area contributed by atoms with Crippen LogP contribution < -0.4 is 5.73 Å². The van der Waals surface area contributed by atoms with Gasteiger partial charge in [-0.05, 0) is 26.1 Å². The van der Waals surface area contributed by atoms with Crippen LogP contribution in [0, 0.1) is 0 Å². The number of nitrogen functional groups attached to an aromatic ring is 1. The first-order valence-electron chi connectivity index (χ1n) is 5.90. The van der Waals surface area contributed by atoms with Crippen LogP contribution in [0.2, 0.25) is 0 Å². The highest BCUT2D eigenvalue weighted by Gasteiger charge is 2.27. The zero-order valence-electron chi connectivity index (χ0n) is 10.4. The number of anilines is 1. The van der Waals surface area contributed by atoms with Gasteiger partial charge in [0.1, 0.15) is 4.90 Å². The third-order valence-electron chi connectivity index (χ3n) is 3.11. The molecule has 100 valence electrons. The standard InChI is InChI=1S/C11H18N4O2S/c1-14-5-2-6-15(8-7-14)18(16,17)11-9-13-4-3-10(11)12/h3-4,9H,2,5-8H2,1H3,(H2,12,13). The summed E-state index contributed by atoms with van der Waals surface area (Å²) in [6.45, 7) is 2.67. The van der Waals surface area contributed by atoms with Gasteiger partial charge in [0.15, 0.2) is 0 Å². The Labute approximate surface area is 107 Å². The number of rotatable bonds is 2. The first kappa shape index (κ1) is 13.3. The summed E-state index contributed by atoms with van der Waals surface area (Å²) in [7, 11) is -1.53.